The van der Waals surface area contributed by atoms with Crippen molar-refractivity contribution in [1.82, 2.24) is 25.2 Å². The molecule has 36 heavy (non-hydrogen) atoms. The third-order valence-corrected chi connectivity index (χ3v) is 7.32. The number of hydrogen-bond donors (Lipinski definition) is 3. The van der Waals surface area contributed by atoms with Crippen molar-refractivity contribution in [3.8, 4) is 10.6 Å². The lowest BCUT2D eigenvalue weighted by Gasteiger charge is -2.24. The minimum Gasteiger partial charge on any atom is -0.465 e. The van der Waals surface area contributed by atoms with Gasteiger partial charge < -0.3 is 20.1 Å². The Morgan fingerprint density at radius 2 is 2.06 bits per heavy atom. The number of nitrogens with one attached hydrogen (secondary N) is 2. The van der Waals surface area contributed by atoms with Crippen LogP contribution in [-0.2, 0) is 22.6 Å². The van der Waals surface area contributed by atoms with Gasteiger partial charge in [-0.2, -0.15) is 0 Å². The molecule has 0 spiro atoms. The summed E-state index contributed by atoms with van der Waals surface area (Å²) < 4.78 is 4.75. The normalized spacial score (nSPS) is 18.0. The number of aliphatic hydroxyl groups is 1. The molecule has 0 radical (unpaired) electrons. The topological polar surface area (TPSA) is 120 Å². The number of amides is 1. The number of nitrogens with zero attached hydrogens (tertiary/aromatic N) is 3. The first-order valence-electron chi connectivity index (χ1n) is 11.4. The molecule has 4 aromatic rings. The van der Waals surface area contributed by atoms with E-state index in [0.29, 0.717) is 47.0 Å². The fourth-order valence-corrected chi connectivity index (χ4v) is 5.28. The summed E-state index contributed by atoms with van der Waals surface area (Å²) in [6.07, 6.45) is -0.259. The second kappa shape index (κ2) is 10.4. The number of methoxy groups -OCH3 is 1. The van der Waals surface area contributed by atoms with E-state index in [1.807, 2.05) is 34.5 Å². The molecule has 11 heteroatoms. The average molecular weight is 526 g/mol. The third-order valence-electron chi connectivity index (χ3n) is 6.13. The molecule has 1 aliphatic heterocycles. The van der Waals surface area contributed by atoms with E-state index in [2.05, 4.69) is 15.3 Å². The van der Waals surface area contributed by atoms with E-state index in [1.54, 1.807) is 18.2 Å². The molecule has 2 aromatic carbocycles. The molecule has 0 aliphatic carbocycles. The van der Waals surface area contributed by atoms with Crippen molar-refractivity contribution in [3.05, 3.63) is 69.9 Å². The van der Waals surface area contributed by atoms with Gasteiger partial charge in [0.25, 0.3) is 0 Å². The lowest BCUT2D eigenvalue weighted by atomic mass is 10.1. The maximum absolute atomic E-state index is 13.0. The van der Waals surface area contributed by atoms with E-state index < -0.39 is 18.1 Å². The second-order valence-corrected chi connectivity index (χ2v) is 9.84. The molecule has 186 valence electrons. The summed E-state index contributed by atoms with van der Waals surface area (Å²) in [5, 5.41) is 16.9. The van der Waals surface area contributed by atoms with Crippen LogP contribution in [0.5, 0.6) is 0 Å². The number of hydrogen-bond acceptors (Lipinski definition) is 8. The lowest BCUT2D eigenvalue weighted by molar-refractivity contribution is -0.128. The Bertz CT molecular complexity index is 1400. The predicted octanol–water partition coefficient (Wildman–Crippen LogP) is 3.38. The first-order valence-corrected chi connectivity index (χ1v) is 12.6. The zero-order valence-electron chi connectivity index (χ0n) is 19.4. The first kappa shape index (κ1) is 24.4. The van der Waals surface area contributed by atoms with Crippen LogP contribution >= 0.6 is 22.9 Å². The highest BCUT2D eigenvalue weighted by Crippen LogP contribution is 2.27. The van der Waals surface area contributed by atoms with Crippen LogP contribution in [0.4, 0.5) is 0 Å². The van der Waals surface area contributed by atoms with Gasteiger partial charge in [0.15, 0.2) is 0 Å². The zero-order chi connectivity index (χ0) is 25.2. The monoisotopic (exact) mass is 525 g/mol. The van der Waals surface area contributed by atoms with Gasteiger partial charge in [0.2, 0.25) is 5.91 Å². The summed E-state index contributed by atoms with van der Waals surface area (Å²) >= 11 is 7.51. The van der Waals surface area contributed by atoms with Crippen LogP contribution in [0.2, 0.25) is 5.02 Å². The van der Waals surface area contributed by atoms with Gasteiger partial charge in [0, 0.05) is 29.1 Å². The standard InChI is InChI=1S/C25H24ClN5O4S/c1-35-25(34)15-4-7-18-19(10-15)30-21(29-18)11-27-23(33)22-20(32)8-9-31(22)12-17-13-36-24(28-17)14-2-5-16(26)6-3-14/h2-7,10,13,20,22,32H,8-9,11-12H2,1H3,(H,27,33)(H,29,30)/t20-,22-/m0/s1. The van der Waals surface area contributed by atoms with Crippen LogP contribution in [0.15, 0.2) is 47.8 Å². The van der Waals surface area contributed by atoms with Gasteiger partial charge in [-0.15, -0.1) is 11.3 Å². The van der Waals surface area contributed by atoms with Crippen LogP contribution in [0.25, 0.3) is 21.6 Å². The number of ether oxygens (including phenoxy) is 1. The highest BCUT2D eigenvalue weighted by Gasteiger charge is 2.38. The van der Waals surface area contributed by atoms with Crippen LogP contribution < -0.4 is 5.32 Å². The molecular formula is C25H24ClN5O4S. The Kier molecular flexibility index (Phi) is 7.01. The van der Waals surface area contributed by atoms with Crippen LogP contribution in [0.3, 0.4) is 0 Å². The molecular weight excluding hydrogens is 502 g/mol. The number of aromatic nitrogens is 3. The van der Waals surface area contributed by atoms with Gasteiger partial charge >= 0.3 is 5.97 Å². The first-order chi connectivity index (χ1) is 17.4. The number of esters is 1. The molecule has 0 saturated carbocycles. The predicted molar refractivity (Wildman–Crippen MR) is 137 cm³/mol. The summed E-state index contributed by atoms with van der Waals surface area (Å²) in [6, 6.07) is 11.8. The number of rotatable bonds is 7. The number of benzene rings is 2. The molecule has 0 unspecified atom stereocenters. The summed E-state index contributed by atoms with van der Waals surface area (Å²) in [4.78, 5) is 39.0. The zero-order valence-corrected chi connectivity index (χ0v) is 21.0. The number of aromatic amines is 1. The van der Waals surface area contributed by atoms with Crippen molar-refractivity contribution in [2.24, 2.45) is 0 Å². The number of carbonyl (C=O) groups is 2. The van der Waals surface area contributed by atoms with Gasteiger partial charge in [0.1, 0.15) is 16.9 Å². The second-order valence-electron chi connectivity index (χ2n) is 8.55. The SMILES string of the molecule is COC(=O)c1ccc2nc(CNC(=O)[C@@H]3[C@@H](O)CCN3Cc3csc(-c4ccc(Cl)cc4)n3)[nH]c2c1. The Morgan fingerprint density at radius 3 is 2.83 bits per heavy atom. The average Bonchev–Trinajstić information content (AvgIpc) is 3.60. The number of fused-ring (bicyclic) bond motifs is 1. The van der Waals surface area contributed by atoms with E-state index in [0.717, 1.165) is 16.3 Å². The van der Waals surface area contributed by atoms with E-state index in [1.165, 1.54) is 18.4 Å². The quantitative estimate of drug-likeness (QED) is 0.316. The molecule has 5 rings (SSSR count). The fourth-order valence-electron chi connectivity index (χ4n) is 4.34. The van der Waals surface area contributed by atoms with Gasteiger partial charge in [-0.05, 0) is 36.8 Å². The smallest absolute Gasteiger partial charge is 0.337 e. The van der Waals surface area contributed by atoms with Gasteiger partial charge in [-0.1, -0.05) is 23.7 Å². The van der Waals surface area contributed by atoms with Crippen LogP contribution in [-0.4, -0.2) is 62.6 Å². The molecule has 1 aliphatic rings. The minimum atomic E-state index is -0.766. The molecule has 2 atom stereocenters. The Hall–Kier alpha value is -3.31. The lowest BCUT2D eigenvalue weighted by Crippen LogP contribution is -2.47. The molecule has 0 bridgehead atoms. The van der Waals surface area contributed by atoms with Crippen molar-refractivity contribution in [3.63, 3.8) is 0 Å². The molecule has 1 saturated heterocycles. The number of halogens is 1. The largest absolute Gasteiger partial charge is 0.465 e. The molecule has 1 amide bonds. The van der Waals surface area contributed by atoms with E-state index in [4.69, 9.17) is 21.3 Å². The summed E-state index contributed by atoms with van der Waals surface area (Å²) in [7, 11) is 1.33. The van der Waals surface area contributed by atoms with Crippen LogP contribution in [0.1, 0.15) is 28.3 Å². The van der Waals surface area contributed by atoms with E-state index in [9.17, 15) is 14.7 Å². The third kappa shape index (κ3) is 5.12. The van der Waals surface area contributed by atoms with Crippen molar-refractivity contribution in [2.45, 2.75) is 31.7 Å². The summed E-state index contributed by atoms with van der Waals surface area (Å²) in [5.41, 5.74) is 3.58. The molecule has 1 fully saturated rings. The Balaban J connectivity index is 1.23. The number of likely N-dealkylation sites (tertiary alicyclic amines) is 1. The number of aliphatic hydroxyl groups excluding tert-OH is 1. The molecule has 3 heterocycles. The van der Waals surface area contributed by atoms with Crippen LogP contribution in [0, 0.1) is 0 Å². The van der Waals surface area contributed by atoms with Gasteiger partial charge in [0.05, 0.1) is 42.0 Å². The maximum atomic E-state index is 13.0. The summed E-state index contributed by atoms with van der Waals surface area (Å²) in [5.74, 6) is -0.160. The van der Waals surface area contributed by atoms with Crippen molar-refractivity contribution >= 4 is 45.8 Å². The van der Waals surface area contributed by atoms with Crippen molar-refractivity contribution < 1.29 is 19.4 Å². The molecule has 2 aromatic heterocycles. The van der Waals surface area contributed by atoms with Gasteiger partial charge in [-0.25, -0.2) is 14.8 Å². The Morgan fingerprint density at radius 1 is 1.25 bits per heavy atom. The number of carbonyl (C=O) groups excluding carboxylic acids is 2. The summed E-state index contributed by atoms with van der Waals surface area (Å²) in [6.45, 7) is 1.21. The number of thiazole rings is 1. The number of H-pyrrole nitrogens is 1. The van der Waals surface area contributed by atoms with E-state index in [-0.39, 0.29) is 12.5 Å². The Labute approximate surface area is 216 Å². The maximum Gasteiger partial charge on any atom is 0.337 e. The molecule has 3 N–H and O–H groups in total. The highest BCUT2D eigenvalue weighted by atomic mass is 35.5. The van der Waals surface area contributed by atoms with Crippen molar-refractivity contribution in [1.29, 1.82) is 0 Å². The number of imidazole rings is 1. The van der Waals surface area contributed by atoms with E-state index >= 15 is 0 Å². The minimum absolute atomic E-state index is 0.162. The fraction of sp³-hybridized carbons (Fsp3) is 0.280. The highest BCUT2D eigenvalue weighted by molar-refractivity contribution is 7.13. The van der Waals surface area contributed by atoms with Crippen molar-refractivity contribution in [2.75, 3.05) is 13.7 Å². The van der Waals surface area contributed by atoms with Gasteiger partial charge in [-0.3, -0.25) is 9.69 Å². The molecule has 9 nitrogen and oxygen atoms in total.